The predicted octanol–water partition coefficient (Wildman–Crippen LogP) is 3.47. The number of aryl methyl sites for hydroxylation is 1. The lowest BCUT2D eigenvalue weighted by Gasteiger charge is -2.14. The summed E-state index contributed by atoms with van der Waals surface area (Å²) in [5.74, 6) is 2.96. The van der Waals surface area contributed by atoms with Crippen molar-refractivity contribution in [2.45, 2.75) is 46.6 Å². The number of pyridine rings is 1. The highest BCUT2D eigenvalue weighted by molar-refractivity contribution is 7.99. The van der Waals surface area contributed by atoms with Crippen molar-refractivity contribution in [3.05, 3.63) is 23.4 Å². The van der Waals surface area contributed by atoms with Crippen molar-refractivity contribution >= 4 is 23.5 Å². The van der Waals surface area contributed by atoms with Gasteiger partial charge in [0.2, 0.25) is 0 Å². The van der Waals surface area contributed by atoms with E-state index < -0.39 is 0 Å². The molecule has 0 aliphatic rings. The lowest BCUT2D eigenvalue weighted by Crippen LogP contribution is -2.33. The molecule has 21 heavy (non-hydrogen) atoms. The van der Waals surface area contributed by atoms with Crippen LogP contribution in [0.5, 0.6) is 0 Å². The van der Waals surface area contributed by atoms with Gasteiger partial charge in [-0.3, -0.25) is 4.79 Å². The Kier molecular flexibility index (Phi) is 8.20. The van der Waals surface area contributed by atoms with Crippen LogP contribution in [0.1, 0.15) is 49.7 Å². The molecule has 0 aliphatic heterocycles. The van der Waals surface area contributed by atoms with Crippen LogP contribution in [-0.2, 0) is 0 Å². The maximum absolute atomic E-state index is 12.3. The molecule has 0 spiro atoms. The first-order chi connectivity index (χ1) is 10.1. The molecular formula is C16H27N3OS. The topological polar surface area (TPSA) is 54.0 Å². The number of nitrogens with zero attached hydrogens (tertiary/aromatic N) is 1. The summed E-state index contributed by atoms with van der Waals surface area (Å²) in [5.41, 5.74) is 1.53. The fourth-order valence-corrected chi connectivity index (χ4v) is 2.74. The molecule has 5 heteroatoms. The quantitative estimate of drug-likeness (QED) is 0.686. The van der Waals surface area contributed by atoms with Gasteiger partial charge in [-0.1, -0.05) is 13.8 Å². The second-order valence-electron chi connectivity index (χ2n) is 5.17. The summed E-state index contributed by atoms with van der Waals surface area (Å²) in [6, 6.07) is 3.85. The van der Waals surface area contributed by atoms with Crippen molar-refractivity contribution in [3.63, 3.8) is 0 Å². The van der Waals surface area contributed by atoms with E-state index in [2.05, 4.69) is 36.4 Å². The first-order valence-electron chi connectivity index (χ1n) is 7.68. The monoisotopic (exact) mass is 309 g/mol. The Labute approximate surface area is 132 Å². The number of nitrogens with one attached hydrogen (secondary N) is 2. The molecule has 0 aromatic carbocycles. The first kappa shape index (κ1) is 17.8. The lowest BCUT2D eigenvalue weighted by atomic mass is 10.2. The minimum absolute atomic E-state index is 0.0194. The Hall–Kier alpha value is -1.23. The zero-order valence-electron chi connectivity index (χ0n) is 13.5. The van der Waals surface area contributed by atoms with E-state index in [1.165, 1.54) is 0 Å². The third-order valence-corrected chi connectivity index (χ3v) is 3.98. The SMILES string of the molecule is CCCNc1cc(C(=O)NC(C)CCSCC)cc(C)n1. The molecule has 1 rings (SSSR count). The van der Waals surface area contributed by atoms with Crippen molar-refractivity contribution in [2.24, 2.45) is 0 Å². The van der Waals surface area contributed by atoms with E-state index in [1.54, 1.807) is 0 Å². The van der Waals surface area contributed by atoms with Crippen LogP contribution in [0.4, 0.5) is 5.82 Å². The summed E-state index contributed by atoms with van der Waals surface area (Å²) in [6.45, 7) is 9.08. The van der Waals surface area contributed by atoms with Gasteiger partial charge in [0.15, 0.2) is 0 Å². The minimum Gasteiger partial charge on any atom is -0.370 e. The Bertz CT molecular complexity index is 451. The zero-order chi connectivity index (χ0) is 15.7. The summed E-state index contributed by atoms with van der Waals surface area (Å²) in [6.07, 6.45) is 2.03. The van der Waals surface area contributed by atoms with Crippen molar-refractivity contribution in [1.29, 1.82) is 0 Å². The third-order valence-electron chi connectivity index (χ3n) is 3.05. The number of thioether (sulfide) groups is 1. The molecule has 0 saturated heterocycles. The normalized spacial score (nSPS) is 12.0. The Balaban J connectivity index is 2.62. The minimum atomic E-state index is -0.0194. The maximum atomic E-state index is 12.3. The van der Waals surface area contributed by atoms with Gasteiger partial charge in [0.05, 0.1) is 0 Å². The fourth-order valence-electron chi connectivity index (χ4n) is 1.93. The number of carbonyl (C=O) groups excluding carboxylic acids is 1. The van der Waals surface area contributed by atoms with Crippen molar-refractivity contribution in [3.8, 4) is 0 Å². The van der Waals surface area contributed by atoms with Gasteiger partial charge in [-0.05, 0) is 50.3 Å². The average Bonchev–Trinajstić information content (AvgIpc) is 2.44. The fraction of sp³-hybridized carbons (Fsp3) is 0.625. The van der Waals surface area contributed by atoms with E-state index in [4.69, 9.17) is 0 Å². The van der Waals surface area contributed by atoms with Crippen LogP contribution in [0, 0.1) is 6.92 Å². The molecule has 0 saturated carbocycles. The second kappa shape index (κ2) is 9.66. The van der Waals surface area contributed by atoms with Gasteiger partial charge < -0.3 is 10.6 Å². The standard InChI is InChI=1S/C16H27N3OS/c1-5-8-17-15-11-14(10-13(4)18-15)16(20)19-12(3)7-9-21-6-2/h10-12H,5-9H2,1-4H3,(H,17,18)(H,19,20). The van der Waals surface area contributed by atoms with Crippen LogP contribution in [0.3, 0.4) is 0 Å². The molecule has 0 fully saturated rings. The van der Waals surface area contributed by atoms with Crippen molar-refractivity contribution in [2.75, 3.05) is 23.4 Å². The number of rotatable bonds is 9. The second-order valence-corrected chi connectivity index (χ2v) is 6.56. The average molecular weight is 309 g/mol. The van der Waals surface area contributed by atoms with Gasteiger partial charge in [-0.25, -0.2) is 4.98 Å². The van der Waals surface area contributed by atoms with E-state index in [0.717, 1.165) is 42.4 Å². The van der Waals surface area contributed by atoms with Crippen LogP contribution < -0.4 is 10.6 Å². The molecule has 1 aromatic heterocycles. The molecule has 0 radical (unpaired) electrons. The summed E-state index contributed by atoms with van der Waals surface area (Å²) < 4.78 is 0. The molecule has 0 aliphatic carbocycles. The molecule has 2 N–H and O–H groups in total. The van der Waals surface area contributed by atoms with Crippen LogP contribution in [0.25, 0.3) is 0 Å². The molecule has 1 atom stereocenters. The van der Waals surface area contributed by atoms with Crippen LogP contribution in [-0.4, -0.2) is 35.0 Å². The molecule has 1 amide bonds. The highest BCUT2D eigenvalue weighted by Crippen LogP contribution is 2.11. The Morgan fingerprint density at radius 1 is 1.38 bits per heavy atom. The van der Waals surface area contributed by atoms with Gasteiger partial charge >= 0.3 is 0 Å². The molecule has 0 bridgehead atoms. The van der Waals surface area contributed by atoms with Gasteiger partial charge in [0, 0.05) is 23.8 Å². The van der Waals surface area contributed by atoms with E-state index in [1.807, 2.05) is 30.8 Å². The van der Waals surface area contributed by atoms with E-state index in [9.17, 15) is 4.79 Å². The number of amides is 1. The largest absolute Gasteiger partial charge is 0.370 e. The summed E-state index contributed by atoms with van der Waals surface area (Å²) in [7, 11) is 0. The van der Waals surface area contributed by atoms with E-state index in [-0.39, 0.29) is 11.9 Å². The lowest BCUT2D eigenvalue weighted by molar-refractivity contribution is 0.0939. The third kappa shape index (κ3) is 6.85. The maximum Gasteiger partial charge on any atom is 0.251 e. The summed E-state index contributed by atoms with van der Waals surface area (Å²) in [5, 5.41) is 6.29. The zero-order valence-corrected chi connectivity index (χ0v) is 14.3. The predicted molar refractivity (Wildman–Crippen MR) is 92.3 cm³/mol. The van der Waals surface area contributed by atoms with Crippen LogP contribution in [0.15, 0.2) is 12.1 Å². The van der Waals surface area contributed by atoms with Crippen molar-refractivity contribution < 1.29 is 4.79 Å². The number of carbonyl (C=O) groups is 1. The summed E-state index contributed by atoms with van der Waals surface area (Å²) in [4.78, 5) is 16.7. The molecule has 1 unspecified atom stereocenters. The van der Waals surface area contributed by atoms with Gasteiger partial charge in [0.25, 0.3) is 5.91 Å². The highest BCUT2D eigenvalue weighted by Gasteiger charge is 2.11. The smallest absolute Gasteiger partial charge is 0.251 e. The molecule has 118 valence electrons. The van der Waals surface area contributed by atoms with Crippen LogP contribution in [0.2, 0.25) is 0 Å². The number of aromatic nitrogens is 1. The van der Waals surface area contributed by atoms with E-state index >= 15 is 0 Å². The number of anilines is 1. The van der Waals surface area contributed by atoms with E-state index in [0.29, 0.717) is 5.56 Å². The molecule has 1 aromatic rings. The van der Waals surface area contributed by atoms with Gasteiger partial charge in [-0.2, -0.15) is 11.8 Å². The Morgan fingerprint density at radius 2 is 2.14 bits per heavy atom. The molecular weight excluding hydrogens is 282 g/mol. The van der Waals surface area contributed by atoms with Crippen LogP contribution >= 0.6 is 11.8 Å². The number of hydrogen-bond donors (Lipinski definition) is 2. The highest BCUT2D eigenvalue weighted by atomic mass is 32.2. The molecule has 1 heterocycles. The number of hydrogen-bond acceptors (Lipinski definition) is 4. The summed E-state index contributed by atoms with van der Waals surface area (Å²) >= 11 is 1.90. The van der Waals surface area contributed by atoms with Crippen molar-refractivity contribution in [1.82, 2.24) is 10.3 Å². The first-order valence-corrected chi connectivity index (χ1v) is 8.83. The Morgan fingerprint density at radius 3 is 2.81 bits per heavy atom. The van der Waals surface area contributed by atoms with Gasteiger partial charge in [0.1, 0.15) is 5.82 Å². The van der Waals surface area contributed by atoms with Gasteiger partial charge in [-0.15, -0.1) is 0 Å². The molecule has 4 nitrogen and oxygen atoms in total.